The van der Waals surface area contributed by atoms with Crippen molar-refractivity contribution in [2.24, 2.45) is 0 Å². The fourth-order valence-corrected chi connectivity index (χ4v) is 4.26. The largest absolute Gasteiger partial charge is 0.467 e. The van der Waals surface area contributed by atoms with Crippen molar-refractivity contribution in [2.75, 3.05) is 12.9 Å². The summed E-state index contributed by atoms with van der Waals surface area (Å²) in [7, 11) is 1.31. The van der Waals surface area contributed by atoms with Gasteiger partial charge < -0.3 is 10.1 Å². The van der Waals surface area contributed by atoms with Crippen LogP contribution >= 0.6 is 11.8 Å². The van der Waals surface area contributed by atoms with Gasteiger partial charge in [0.15, 0.2) is 11.0 Å². The number of hydrogen-bond acceptors (Lipinski definition) is 6. The first-order valence-electron chi connectivity index (χ1n) is 10.8. The normalized spacial score (nSPS) is 11.6. The van der Waals surface area contributed by atoms with Crippen molar-refractivity contribution in [3.05, 3.63) is 96.6 Å². The molecule has 0 aliphatic heterocycles. The van der Waals surface area contributed by atoms with Gasteiger partial charge in [0.2, 0.25) is 5.91 Å². The summed E-state index contributed by atoms with van der Waals surface area (Å²) in [6.07, 6.45) is 0.349. The van der Waals surface area contributed by atoms with Gasteiger partial charge in [-0.25, -0.2) is 4.79 Å². The van der Waals surface area contributed by atoms with Crippen LogP contribution in [0.25, 0.3) is 17.1 Å². The summed E-state index contributed by atoms with van der Waals surface area (Å²) < 4.78 is 6.82. The van der Waals surface area contributed by atoms with Gasteiger partial charge in [0.05, 0.1) is 12.9 Å². The summed E-state index contributed by atoms with van der Waals surface area (Å²) >= 11 is 1.26. The predicted molar refractivity (Wildman–Crippen MR) is 132 cm³/mol. The second-order valence-electron chi connectivity index (χ2n) is 7.46. The van der Waals surface area contributed by atoms with Gasteiger partial charge in [-0.3, -0.25) is 9.36 Å². The molecule has 0 bridgehead atoms. The highest BCUT2D eigenvalue weighted by atomic mass is 32.2. The number of carbonyl (C=O) groups is 2. The van der Waals surface area contributed by atoms with Crippen LogP contribution in [0.15, 0.2) is 96.2 Å². The molecule has 7 nitrogen and oxygen atoms in total. The van der Waals surface area contributed by atoms with Crippen LogP contribution in [0.1, 0.15) is 5.56 Å². The number of aromatic nitrogens is 3. The third-order valence-electron chi connectivity index (χ3n) is 5.12. The molecule has 0 fully saturated rings. The van der Waals surface area contributed by atoms with Crippen molar-refractivity contribution < 1.29 is 14.3 Å². The number of benzene rings is 3. The number of ether oxygens (including phenoxy) is 1. The highest BCUT2D eigenvalue weighted by Crippen LogP contribution is 2.27. The minimum atomic E-state index is -0.771. The van der Waals surface area contributed by atoms with Gasteiger partial charge in [-0.2, -0.15) is 0 Å². The Kier molecular flexibility index (Phi) is 7.72. The summed E-state index contributed by atoms with van der Waals surface area (Å²) in [5.41, 5.74) is 2.75. The molecule has 0 spiro atoms. The predicted octanol–water partition coefficient (Wildman–Crippen LogP) is 3.93. The lowest BCUT2D eigenvalue weighted by atomic mass is 10.1. The quantitative estimate of drug-likeness (QED) is 0.294. The Labute approximate surface area is 202 Å². The van der Waals surface area contributed by atoms with Crippen LogP contribution in [0.4, 0.5) is 0 Å². The Hall–Kier alpha value is -3.91. The number of esters is 1. The first-order valence-corrected chi connectivity index (χ1v) is 11.7. The SMILES string of the molecule is COC(=O)[C@H](Cc1ccccc1)NC(=O)CSc1nnc(-c2ccccc2)n1-c1ccccc1. The number of hydrogen-bond donors (Lipinski definition) is 1. The molecule has 0 saturated heterocycles. The lowest BCUT2D eigenvalue weighted by Crippen LogP contribution is -2.43. The molecular weight excluding hydrogens is 448 g/mol. The fourth-order valence-electron chi connectivity index (χ4n) is 3.50. The molecule has 1 aromatic heterocycles. The van der Waals surface area contributed by atoms with Crippen molar-refractivity contribution in [1.29, 1.82) is 0 Å². The average molecular weight is 473 g/mol. The maximum Gasteiger partial charge on any atom is 0.328 e. The van der Waals surface area contributed by atoms with E-state index in [-0.39, 0.29) is 11.7 Å². The van der Waals surface area contributed by atoms with Crippen LogP contribution < -0.4 is 5.32 Å². The summed E-state index contributed by atoms with van der Waals surface area (Å²) in [6, 6.07) is 28.2. The van der Waals surface area contributed by atoms with E-state index >= 15 is 0 Å². The first kappa shape index (κ1) is 23.3. The topological polar surface area (TPSA) is 86.1 Å². The van der Waals surface area contributed by atoms with Crippen molar-refractivity contribution in [2.45, 2.75) is 17.6 Å². The van der Waals surface area contributed by atoms with Crippen LogP contribution in [0.3, 0.4) is 0 Å². The fraction of sp³-hybridized carbons (Fsp3) is 0.154. The standard InChI is InChI=1S/C26H24N4O3S/c1-33-25(32)22(17-19-11-5-2-6-12-19)27-23(31)18-34-26-29-28-24(20-13-7-3-8-14-20)30(26)21-15-9-4-10-16-21/h2-16,22H,17-18H2,1H3,(H,27,31)/t22-/m0/s1. The highest BCUT2D eigenvalue weighted by Gasteiger charge is 2.23. The number of methoxy groups -OCH3 is 1. The number of nitrogens with zero attached hydrogens (tertiary/aromatic N) is 3. The maximum atomic E-state index is 12.8. The molecule has 4 aromatic rings. The third-order valence-corrected chi connectivity index (χ3v) is 6.04. The van der Waals surface area contributed by atoms with E-state index < -0.39 is 12.0 Å². The third kappa shape index (κ3) is 5.71. The Balaban J connectivity index is 1.51. The van der Waals surface area contributed by atoms with E-state index in [1.54, 1.807) is 0 Å². The molecule has 34 heavy (non-hydrogen) atoms. The number of nitrogens with one attached hydrogen (secondary N) is 1. The van der Waals surface area contributed by atoms with Crippen LogP contribution in [0, 0.1) is 0 Å². The summed E-state index contributed by atoms with van der Waals surface area (Å²) in [5, 5.41) is 12.1. The zero-order valence-electron chi connectivity index (χ0n) is 18.6. The molecule has 4 rings (SSSR count). The molecular formula is C26H24N4O3S. The van der Waals surface area contributed by atoms with E-state index in [4.69, 9.17) is 4.74 Å². The molecule has 0 radical (unpaired) electrons. The lowest BCUT2D eigenvalue weighted by Gasteiger charge is -2.16. The van der Waals surface area contributed by atoms with Crippen molar-refractivity contribution in [3.63, 3.8) is 0 Å². The molecule has 1 atom stereocenters. The number of amides is 1. The molecule has 8 heteroatoms. The molecule has 0 aliphatic carbocycles. The minimum Gasteiger partial charge on any atom is -0.467 e. The van der Waals surface area contributed by atoms with Gasteiger partial charge in [0, 0.05) is 17.7 Å². The first-order chi connectivity index (χ1) is 16.7. The smallest absolute Gasteiger partial charge is 0.328 e. The zero-order chi connectivity index (χ0) is 23.8. The molecule has 0 unspecified atom stereocenters. The van der Waals surface area contributed by atoms with Crippen molar-refractivity contribution in [3.8, 4) is 17.1 Å². The molecule has 1 N–H and O–H groups in total. The minimum absolute atomic E-state index is 0.0715. The molecule has 3 aromatic carbocycles. The van der Waals surface area contributed by atoms with E-state index in [1.807, 2.05) is 95.6 Å². The summed E-state index contributed by atoms with van der Waals surface area (Å²) in [5.74, 6) is -0.0189. The Bertz CT molecular complexity index is 1230. The molecule has 0 saturated carbocycles. The second kappa shape index (κ2) is 11.3. The second-order valence-corrected chi connectivity index (χ2v) is 8.41. The number of para-hydroxylation sites is 1. The highest BCUT2D eigenvalue weighted by molar-refractivity contribution is 7.99. The van der Waals surface area contributed by atoms with E-state index in [2.05, 4.69) is 15.5 Å². The van der Waals surface area contributed by atoms with Crippen LogP contribution in [0.2, 0.25) is 0 Å². The van der Waals surface area contributed by atoms with E-state index in [1.165, 1.54) is 18.9 Å². The van der Waals surface area contributed by atoms with Gasteiger partial charge in [0.25, 0.3) is 0 Å². The Morgan fingerprint density at radius 1 is 0.912 bits per heavy atom. The number of carbonyl (C=O) groups excluding carboxylic acids is 2. The maximum absolute atomic E-state index is 12.8. The summed E-state index contributed by atoms with van der Waals surface area (Å²) in [4.78, 5) is 25.0. The van der Waals surface area contributed by atoms with Gasteiger partial charge in [0.1, 0.15) is 6.04 Å². The van der Waals surface area contributed by atoms with E-state index in [0.717, 1.165) is 16.8 Å². The van der Waals surface area contributed by atoms with Gasteiger partial charge in [-0.05, 0) is 17.7 Å². The van der Waals surface area contributed by atoms with Crippen LogP contribution in [-0.4, -0.2) is 45.5 Å². The molecule has 0 aliphatic rings. The Morgan fingerprint density at radius 3 is 2.18 bits per heavy atom. The van der Waals surface area contributed by atoms with Gasteiger partial charge in [-0.15, -0.1) is 10.2 Å². The molecule has 172 valence electrons. The number of thioether (sulfide) groups is 1. The number of rotatable bonds is 9. The van der Waals surface area contributed by atoms with E-state index in [0.29, 0.717) is 17.4 Å². The average Bonchev–Trinajstić information content (AvgIpc) is 3.32. The monoisotopic (exact) mass is 472 g/mol. The summed E-state index contributed by atoms with van der Waals surface area (Å²) in [6.45, 7) is 0. The van der Waals surface area contributed by atoms with Crippen molar-refractivity contribution in [1.82, 2.24) is 20.1 Å². The van der Waals surface area contributed by atoms with Gasteiger partial charge >= 0.3 is 5.97 Å². The zero-order valence-corrected chi connectivity index (χ0v) is 19.4. The Morgan fingerprint density at radius 2 is 1.53 bits per heavy atom. The van der Waals surface area contributed by atoms with Crippen molar-refractivity contribution >= 4 is 23.6 Å². The van der Waals surface area contributed by atoms with E-state index in [9.17, 15) is 9.59 Å². The van der Waals surface area contributed by atoms with Crippen LogP contribution in [-0.2, 0) is 20.7 Å². The molecule has 1 amide bonds. The lowest BCUT2D eigenvalue weighted by molar-refractivity contribution is -0.144. The van der Waals surface area contributed by atoms with Gasteiger partial charge in [-0.1, -0.05) is 90.6 Å². The molecule has 1 heterocycles. The van der Waals surface area contributed by atoms with Crippen LogP contribution in [0.5, 0.6) is 0 Å².